The summed E-state index contributed by atoms with van der Waals surface area (Å²) in [5.74, 6) is 0.578. The first-order valence-electron chi connectivity index (χ1n) is 9.18. The van der Waals surface area contributed by atoms with E-state index >= 15 is 0 Å². The van der Waals surface area contributed by atoms with Gasteiger partial charge >= 0.3 is 5.97 Å². The number of allylic oxidation sites excluding steroid dienone is 2. The lowest BCUT2D eigenvalue weighted by Gasteiger charge is -2.07. The summed E-state index contributed by atoms with van der Waals surface area (Å²) < 4.78 is 21.5. The molecule has 2 aromatic rings. The summed E-state index contributed by atoms with van der Waals surface area (Å²) in [6.07, 6.45) is 5.10. The van der Waals surface area contributed by atoms with Gasteiger partial charge in [-0.1, -0.05) is 24.3 Å². The second-order valence-corrected chi connectivity index (χ2v) is 6.75. The Morgan fingerprint density at radius 2 is 1.57 bits per heavy atom. The first-order valence-corrected chi connectivity index (χ1v) is 9.18. The van der Waals surface area contributed by atoms with Crippen LogP contribution in [0.2, 0.25) is 0 Å². The van der Waals surface area contributed by atoms with E-state index in [1.54, 1.807) is 6.08 Å². The molecule has 0 radical (unpaired) electrons. The molecule has 2 aromatic carbocycles. The first kappa shape index (κ1) is 19.5. The molecular formula is C22H19NO7. The monoisotopic (exact) mass is 409 g/mol. The van der Waals surface area contributed by atoms with Crippen molar-refractivity contribution in [1.82, 2.24) is 0 Å². The van der Waals surface area contributed by atoms with Crippen LogP contribution in [0.5, 0.6) is 23.0 Å². The minimum absolute atomic E-state index is 0.175. The standard InChI is InChI=1S/C22H19NO7/c23-21(22(25)26)16(24)4-1-13(7-14-2-5-17-19(9-14)29-11-27-17)8-15-3-6-18-20(10-15)30-12-28-18/h1-7,9-10,21H,8,11-12,23H2,(H,25,26)/b4-1+,13-7-. The third kappa shape index (κ3) is 4.28. The van der Waals surface area contributed by atoms with Gasteiger partial charge in [-0.3, -0.25) is 9.59 Å². The Balaban J connectivity index is 1.62. The number of nitrogens with two attached hydrogens (primary N) is 1. The van der Waals surface area contributed by atoms with Gasteiger partial charge in [0.15, 0.2) is 34.8 Å². The van der Waals surface area contributed by atoms with E-state index in [1.807, 2.05) is 42.5 Å². The van der Waals surface area contributed by atoms with Crippen molar-refractivity contribution in [3.63, 3.8) is 0 Å². The Bertz CT molecular complexity index is 1060. The predicted molar refractivity (Wildman–Crippen MR) is 107 cm³/mol. The summed E-state index contributed by atoms with van der Waals surface area (Å²) in [5, 5.41) is 8.92. The second-order valence-electron chi connectivity index (χ2n) is 6.75. The summed E-state index contributed by atoms with van der Waals surface area (Å²) in [5.41, 5.74) is 7.93. The number of carbonyl (C=O) groups excluding carboxylic acids is 1. The van der Waals surface area contributed by atoms with Crippen LogP contribution in [-0.2, 0) is 16.0 Å². The van der Waals surface area contributed by atoms with Crippen LogP contribution in [0.3, 0.4) is 0 Å². The molecule has 30 heavy (non-hydrogen) atoms. The van der Waals surface area contributed by atoms with Gasteiger partial charge in [0.2, 0.25) is 13.6 Å². The van der Waals surface area contributed by atoms with Crippen molar-refractivity contribution in [1.29, 1.82) is 0 Å². The Hall–Kier alpha value is -3.78. The van der Waals surface area contributed by atoms with Crippen LogP contribution in [0, 0.1) is 0 Å². The lowest BCUT2D eigenvalue weighted by molar-refractivity contribution is -0.141. The molecule has 4 rings (SSSR count). The third-order valence-corrected chi connectivity index (χ3v) is 4.63. The van der Waals surface area contributed by atoms with Gasteiger partial charge in [-0.25, -0.2) is 0 Å². The van der Waals surface area contributed by atoms with Crippen LogP contribution in [0.25, 0.3) is 6.08 Å². The zero-order chi connectivity index (χ0) is 21.1. The summed E-state index contributed by atoms with van der Waals surface area (Å²) in [6.45, 7) is 0.355. The number of benzene rings is 2. The summed E-state index contributed by atoms with van der Waals surface area (Å²) >= 11 is 0. The molecule has 154 valence electrons. The van der Waals surface area contributed by atoms with Crippen molar-refractivity contribution >= 4 is 17.8 Å². The number of ketones is 1. The van der Waals surface area contributed by atoms with Crippen molar-refractivity contribution in [2.24, 2.45) is 5.73 Å². The van der Waals surface area contributed by atoms with Crippen molar-refractivity contribution in [2.45, 2.75) is 12.5 Å². The van der Waals surface area contributed by atoms with Crippen molar-refractivity contribution < 1.29 is 33.6 Å². The zero-order valence-electron chi connectivity index (χ0n) is 15.9. The Kier molecular flexibility index (Phi) is 5.40. The molecule has 0 spiro atoms. The molecule has 1 atom stereocenters. The van der Waals surface area contributed by atoms with E-state index < -0.39 is 17.8 Å². The highest BCUT2D eigenvalue weighted by molar-refractivity contribution is 6.08. The Morgan fingerprint density at radius 1 is 0.933 bits per heavy atom. The van der Waals surface area contributed by atoms with E-state index in [-0.39, 0.29) is 13.6 Å². The van der Waals surface area contributed by atoms with Gasteiger partial charge in [-0.15, -0.1) is 0 Å². The number of hydrogen-bond acceptors (Lipinski definition) is 7. The highest BCUT2D eigenvalue weighted by Crippen LogP contribution is 2.35. The van der Waals surface area contributed by atoms with E-state index in [0.29, 0.717) is 29.4 Å². The summed E-state index contributed by atoms with van der Waals surface area (Å²) in [7, 11) is 0. The molecule has 0 aliphatic carbocycles. The number of carbonyl (C=O) groups is 2. The fourth-order valence-corrected chi connectivity index (χ4v) is 3.08. The third-order valence-electron chi connectivity index (χ3n) is 4.63. The van der Waals surface area contributed by atoms with Gasteiger partial charge < -0.3 is 29.8 Å². The first-order chi connectivity index (χ1) is 14.5. The minimum Gasteiger partial charge on any atom is -0.480 e. The normalized spacial score (nSPS) is 15.4. The summed E-state index contributed by atoms with van der Waals surface area (Å²) in [6, 6.07) is 9.51. The maximum atomic E-state index is 12.0. The molecule has 3 N–H and O–H groups in total. The zero-order valence-corrected chi connectivity index (χ0v) is 15.9. The highest BCUT2D eigenvalue weighted by atomic mass is 16.7. The molecule has 0 fully saturated rings. The maximum absolute atomic E-state index is 12.0. The molecule has 0 amide bonds. The van der Waals surface area contributed by atoms with Crippen LogP contribution in [0.4, 0.5) is 0 Å². The quantitative estimate of drug-likeness (QED) is 0.406. The Morgan fingerprint density at radius 3 is 2.27 bits per heavy atom. The topological polar surface area (TPSA) is 117 Å². The molecule has 0 bridgehead atoms. The van der Waals surface area contributed by atoms with Crippen LogP contribution in [0.15, 0.2) is 54.1 Å². The van der Waals surface area contributed by atoms with E-state index in [0.717, 1.165) is 16.7 Å². The van der Waals surface area contributed by atoms with Crippen molar-refractivity contribution in [3.05, 3.63) is 65.3 Å². The average Bonchev–Trinajstić information content (AvgIpc) is 3.39. The van der Waals surface area contributed by atoms with Gasteiger partial charge in [-0.2, -0.15) is 0 Å². The number of hydrogen-bond donors (Lipinski definition) is 2. The Labute approximate surface area is 172 Å². The van der Waals surface area contributed by atoms with Crippen LogP contribution >= 0.6 is 0 Å². The van der Waals surface area contributed by atoms with E-state index in [9.17, 15) is 9.59 Å². The fourth-order valence-electron chi connectivity index (χ4n) is 3.08. The van der Waals surface area contributed by atoms with E-state index in [4.69, 9.17) is 29.8 Å². The maximum Gasteiger partial charge on any atom is 0.328 e. The molecular weight excluding hydrogens is 390 g/mol. The lowest BCUT2D eigenvalue weighted by atomic mass is 10.0. The van der Waals surface area contributed by atoms with Crippen LogP contribution in [-0.4, -0.2) is 36.5 Å². The van der Waals surface area contributed by atoms with Gasteiger partial charge in [0.25, 0.3) is 0 Å². The molecule has 8 heteroatoms. The number of carboxylic acids is 1. The molecule has 1 unspecified atom stereocenters. The predicted octanol–water partition coefficient (Wildman–Crippen LogP) is 2.31. The molecule has 0 saturated heterocycles. The molecule has 2 aliphatic rings. The van der Waals surface area contributed by atoms with Gasteiger partial charge in [0.1, 0.15) is 0 Å². The number of fused-ring (bicyclic) bond motifs is 2. The average molecular weight is 409 g/mol. The van der Waals surface area contributed by atoms with Gasteiger partial charge in [0.05, 0.1) is 0 Å². The molecule has 0 aromatic heterocycles. The highest BCUT2D eigenvalue weighted by Gasteiger charge is 2.19. The lowest BCUT2D eigenvalue weighted by Crippen LogP contribution is -2.37. The molecule has 2 aliphatic heterocycles. The number of carboxylic acid groups (broad SMARTS) is 1. The molecule has 0 saturated carbocycles. The fraction of sp³-hybridized carbons (Fsp3) is 0.182. The molecule has 8 nitrogen and oxygen atoms in total. The van der Waals surface area contributed by atoms with E-state index in [1.165, 1.54) is 6.08 Å². The van der Waals surface area contributed by atoms with E-state index in [2.05, 4.69) is 0 Å². The summed E-state index contributed by atoms with van der Waals surface area (Å²) in [4.78, 5) is 22.9. The SMILES string of the molecule is NC(C(=O)O)C(=O)/C=C/C(=C/c1ccc2c(c1)OCO2)Cc1ccc2c(c1)OCO2. The largest absolute Gasteiger partial charge is 0.480 e. The van der Waals surface area contributed by atoms with Gasteiger partial charge in [0, 0.05) is 0 Å². The second kappa shape index (κ2) is 8.30. The van der Waals surface area contributed by atoms with Crippen LogP contribution < -0.4 is 24.7 Å². The minimum atomic E-state index is -1.60. The number of rotatable bonds is 7. The van der Waals surface area contributed by atoms with Crippen molar-refractivity contribution in [2.75, 3.05) is 13.6 Å². The number of ether oxygens (including phenoxy) is 4. The van der Waals surface area contributed by atoms with Crippen LogP contribution in [0.1, 0.15) is 11.1 Å². The molecule has 2 heterocycles. The van der Waals surface area contributed by atoms with Gasteiger partial charge in [-0.05, 0) is 53.5 Å². The smallest absolute Gasteiger partial charge is 0.328 e. The van der Waals surface area contributed by atoms with Crippen molar-refractivity contribution in [3.8, 4) is 23.0 Å². The number of aliphatic carboxylic acids is 1.